The molecule has 0 atom stereocenters. The number of rotatable bonds is 3. The highest BCUT2D eigenvalue weighted by atomic mass is 32.1. The molecule has 0 radical (unpaired) electrons. The summed E-state index contributed by atoms with van der Waals surface area (Å²) in [5.74, 6) is 0.741. The number of thiazole rings is 1. The normalized spacial score (nSPS) is 10.5. The quantitative estimate of drug-likeness (QED) is 0.728. The minimum Gasteiger partial charge on any atom is -0.424 e. The van der Waals surface area contributed by atoms with Crippen molar-refractivity contribution >= 4 is 11.3 Å². The number of aryl methyl sites for hydroxylation is 2. The first-order valence-corrected chi connectivity index (χ1v) is 7.13. The van der Waals surface area contributed by atoms with Gasteiger partial charge in [-0.1, -0.05) is 0 Å². The largest absolute Gasteiger partial charge is 0.424 e. The van der Waals surface area contributed by atoms with E-state index in [9.17, 15) is 0 Å². The molecule has 3 rings (SSSR count). The summed E-state index contributed by atoms with van der Waals surface area (Å²) in [6.45, 7) is 4.11. The third kappa shape index (κ3) is 2.53. The van der Waals surface area contributed by atoms with Crippen LogP contribution in [0.15, 0.2) is 41.5 Å². The molecule has 0 bridgehead atoms. The highest BCUT2D eigenvalue weighted by Gasteiger charge is 2.10. The van der Waals surface area contributed by atoms with Crippen LogP contribution in [0.25, 0.3) is 11.3 Å². The van der Waals surface area contributed by atoms with Gasteiger partial charge in [-0.15, -0.1) is 11.3 Å². The van der Waals surface area contributed by atoms with Crippen molar-refractivity contribution in [1.29, 1.82) is 0 Å². The molecule has 4 nitrogen and oxygen atoms in total. The first kappa shape index (κ1) is 12.7. The zero-order chi connectivity index (χ0) is 13.9. The van der Waals surface area contributed by atoms with Gasteiger partial charge in [0.25, 0.3) is 0 Å². The Hall–Kier alpha value is -2.27. The molecule has 0 aliphatic heterocycles. The molecule has 2 heterocycles. The lowest BCUT2D eigenvalue weighted by Crippen LogP contribution is -1.94. The van der Waals surface area contributed by atoms with Gasteiger partial charge in [0.05, 0.1) is 11.2 Å². The minimum absolute atomic E-state index is 0.354. The summed E-state index contributed by atoms with van der Waals surface area (Å²) in [4.78, 5) is 12.5. The van der Waals surface area contributed by atoms with E-state index in [1.807, 2.05) is 17.6 Å². The van der Waals surface area contributed by atoms with E-state index in [1.54, 1.807) is 29.8 Å². The number of benzene rings is 1. The smallest absolute Gasteiger partial charge is 0.321 e. The van der Waals surface area contributed by atoms with Gasteiger partial charge < -0.3 is 4.74 Å². The molecular formula is C15H13N3OS. The van der Waals surface area contributed by atoms with Crippen molar-refractivity contribution < 1.29 is 4.74 Å². The molecule has 0 saturated heterocycles. The Morgan fingerprint density at radius 3 is 2.30 bits per heavy atom. The highest BCUT2D eigenvalue weighted by Crippen LogP contribution is 2.31. The lowest BCUT2D eigenvalue weighted by atomic mass is 10.0. The summed E-state index contributed by atoms with van der Waals surface area (Å²) in [5, 5.41) is 2.05. The summed E-state index contributed by atoms with van der Waals surface area (Å²) in [7, 11) is 0. The summed E-state index contributed by atoms with van der Waals surface area (Å²) >= 11 is 1.60. The van der Waals surface area contributed by atoms with Gasteiger partial charge in [-0.2, -0.15) is 0 Å². The van der Waals surface area contributed by atoms with Crippen molar-refractivity contribution in [3.05, 3.63) is 52.6 Å². The topological polar surface area (TPSA) is 47.9 Å². The number of aromatic nitrogens is 3. The van der Waals surface area contributed by atoms with Gasteiger partial charge in [-0.25, -0.2) is 15.0 Å². The summed E-state index contributed by atoms with van der Waals surface area (Å²) in [6, 6.07) is 6.08. The first-order chi connectivity index (χ1) is 9.74. The summed E-state index contributed by atoms with van der Waals surface area (Å²) in [5.41, 5.74) is 6.26. The third-order valence-electron chi connectivity index (χ3n) is 2.95. The first-order valence-electron chi connectivity index (χ1n) is 6.19. The SMILES string of the molecule is Cc1cc(Oc2ncccn2)cc(C)c1-c1cscn1. The predicted molar refractivity (Wildman–Crippen MR) is 79.1 cm³/mol. The van der Waals surface area contributed by atoms with Crippen LogP contribution in [-0.2, 0) is 0 Å². The summed E-state index contributed by atoms with van der Waals surface area (Å²) < 4.78 is 5.67. The van der Waals surface area contributed by atoms with E-state index in [2.05, 4.69) is 34.2 Å². The lowest BCUT2D eigenvalue weighted by molar-refractivity contribution is 0.441. The summed E-state index contributed by atoms with van der Waals surface area (Å²) in [6.07, 6.45) is 3.32. The fraction of sp³-hybridized carbons (Fsp3) is 0.133. The van der Waals surface area contributed by atoms with Crippen LogP contribution in [0.4, 0.5) is 0 Å². The molecule has 20 heavy (non-hydrogen) atoms. The zero-order valence-electron chi connectivity index (χ0n) is 11.2. The van der Waals surface area contributed by atoms with Crippen LogP contribution in [0.3, 0.4) is 0 Å². The van der Waals surface area contributed by atoms with Crippen molar-refractivity contribution in [1.82, 2.24) is 15.0 Å². The number of hydrogen-bond donors (Lipinski definition) is 0. The molecule has 0 fully saturated rings. The molecular weight excluding hydrogens is 270 g/mol. The molecule has 5 heteroatoms. The van der Waals surface area contributed by atoms with E-state index < -0.39 is 0 Å². The second-order valence-corrected chi connectivity index (χ2v) is 5.16. The van der Waals surface area contributed by atoms with Crippen LogP contribution >= 0.6 is 11.3 Å². The molecule has 0 saturated carbocycles. The van der Waals surface area contributed by atoms with Gasteiger partial charge >= 0.3 is 6.01 Å². The highest BCUT2D eigenvalue weighted by molar-refractivity contribution is 7.07. The Morgan fingerprint density at radius 1 is 1.00 bits per heavy atom. The molecule has 0 aliphatic carbocycles. The van der Waals surface area contributed by atoms with Crippen LogP contribution in [0.2, 0.25) is 0 Å². The Kier molecular flexibility index (Phi) is 3.43. The van der Waals surface area contributed by atoms with Crippen molar-refractivity contribution in [2.45, 2.75) is 13.8 Å². The van der Waals surface area contributed by atoms with Crippen LogP contribution in [0.5, 0.6) is 11.8 Å². The van der Waals surface area contributed by atoms with Crippen LogP contribution in [-0.4, -0.2) is 15.0 Å². The van der Waals surface area contributed by atoms with Crippen LogP contribution < -0.4 is 4.74 Å². The van der Waals surface area contributed by atoms with Gasteiger partial charge in [-0.05, 0) is 43.2 Å². The number of hydrogen-bond acceptors (Lipinski definition) is 5. The molecule has 100 valence electrons. The van der Waals surface area contributed by atoms with Crippen molar-refractivity contribution in [2.24, 2.45) is 0 Å². The standard InChI is InChI=1S/C15H13N3OS/c1-10-6-12(19-15-16-4-3-5-17-15)7-11(2)14(10)13-8-20-9-18-13/h3-9H,1-2H3. The fourth-order valence-electron chi connectivity index (χ4n) is 2.17. The second-order valence-electron chi connectivity index (χ2n) is 4.44. The minimum atomic E-state index is 0.354. The molecule has 0 aliphatic rings. The average molecular weight is 283 g/mol. The van der Waals surface area contributed by atoms with E-state index in [-0.39, 0.29) is 0 Å². The molecule has 1 aromatic carbocycles. The van der Waals surface area contributed by atoms with E-state index >= 15 is 0 Å². The molecule has 0 spiro atoms. The Labute approximate surface area is 121 Å². The molecule has 2 aromatic heterocycles. The fourth-order valence-corrected chi connectivity index (χ4v) is 2.71. The molecule has 0 unspecified atom stereocenters. The van der Waals surface area contributed by atoms with E-state index in [0.717, 1.165) is 28.1 Å². The maximum Gasteiger partial charge on any atom is 0.321 e. The van der Waals surface area contributed by atoms with Gasteiger partial charge in [-0.3, -0.25) is 0 Å². The van der Waals surface area contributed by atoms with Crippen molar-refractivity contribution in [3.8, 4) is 23.0 Å². The Balaban J connectivity index is 1.96. The van der Waals surface area contributed by atoms with Crippen LogP contribution in [0, 0.1) is 13.8 Å². The van der Waals surface area contributed by atoms with E-state index in [4.69, 9.17) is 4.74 Å². The van der Waals surface area contributed by atoms with Crippen molar-refractivity contribution in [2.75, 3.05) is 0 Å². The maximum absolute atomic E-state index is 5.67. The van der Waals surface area contributed by atoms with Gasteiger partial charge in [0.15, 0.2) is 0 Å². The van der Waals surface area contributed by atoms with Gasteiger partial charge in [0, 0.05) is 23.3 Å². The van der Waals surface area contributed by atoms with Crippen LogP contribution in [0.1, 0.15) is 11.1 Å². The van der Waals surface area contributed by atoms with Crippen molar-refractivity contribution in [3.63, 3.8) is 0 Å². The maximum atomic E-state index is 5.67. The lowest BCUT2D eigenvalue weighted by Gasteiger charge is -2.11. The Morgan fingerprint density at radius 2 is 1.70 bits per heavy atom. The van der Waals surface area contributed by atoms with Gasteiger partial charge in [0.1, 0.15) is 5.75 Å². The zero-order valence-corrected chi connectivity index (χ0v) is 12.0. The van der Waals surface area contributed by atoms with E-state index in [0.29, 0.717) is 6.01 Å². The van der Waals surface area contributed by atoms with Gasteiger partial charge in [0.2, 0.25) is 0 Å². The second kappa shape index (κ2) is 5.38. The number of ether oxygens (including phenoxy) is 1. The monoisotopic (exact) mass is 283 g/mol. The van der Waals surface area contributed by atoms with E-state index in [1.165, 1.54) is 0 Å². The Bertz CT molecular complexity index is 688. The molecule has 0 N–H and O–H groups in total. The number of nitrogens with zero attached hydrogens (tertiary/aromatic N) is 3. The third-order valence-corrected chi connectivity index (χ3v) is 3.53. The molecule has 0 amide bonds. The molecule has 3 aromatic rings. The predicted octanol–water partition coefficient (Wildman–Crippen LogP) is 4.01. The average Bonchev–Trinajstić information content (AvgIpc) is 2.93.